The maximum Gasteiger partial charge on any atom is 0.433 e. The number of pyridine rings is 1. The number of likely N-dealkylation sites (tertiary alicyclic amines) is 1. The zero-order chi connectivity index (χ0) is 14.2. The van der Waals surface area contributed by atoms with Crippen molar-refractivity contribution in [1.29, 1.82) is 0 Å². The zero-order valence-electron chi connectivity index (χ0n) is 10.4. The highest BCUT2D eigenvalue weighted by atomic mass is 19.4. The van der Waals surface area contributed by atoms with E-state index >= 15 is 0 Å². The summed E-state index contributed by atoms with van der Waals surface area (Å²) in [5.41, 5.74) is 5.00. The van der Waals surface area contributed by atoms with Gasteiger partial charge in [0.2, 0.25) is 0 Å². The van der Waals surface area contributed by atoms with Gasteiger partial charge in [-0.1, -0.05) is 0 Å². The van der Waals surface area contributed by atoms with Crippen molar-refractivity contribution in [2.75, 3.05) is 13.1 Å². The first-order chi connectivity index (χ1) is 8.79. The molecule has 1 amide bonds. The van der Waals surface area contributed by atoms with Crippen molar-refractivity contribution in [3.8, 4) is 0 Å². The van der Waals surface area contributed by atoms with Crippen LogP contribution in [0.5, 0.6) is 0 Å². The molecule has 1 aromatic heterocycles. The Morgan fingerprint density at radius 2 is 2.16 bits per heavy atom. The first kappa shape index (κ1) is 13.8. The van der Waals surface area contributed by atoms with Gasteiger partial charge in [0, 0.05) is 19.1 Å². The predicted molar refractivity (Wildman–Crippen MR) is 62.5 cm³/mol. The zero-order valence-corrected chi connectivity index (χ0v) is 10.4. The van der Waals surface area contributed by atoms with Crippen LogP contribution in [0.15, 0.2) is 12.1 Å². The van der Waals surface area contributed by atoms with Gasteiger partial charge in [-0.3, -0.25) is 4.79 Å². The van der Waals surface area contributed by atoms with Crippen LogP contribution in [0.3, 0.4) is 0 Å². The minimum atomic E-state index is -4.50. The highest BCUT2D eigenvalue weighted by molar-refractivity contribution is 5.95. The summed E-state index contributed by atoms with van der Waals surface area (Å²) in [6.45, 7) is 2.36. The number of nitrogens with two attached hydrogens (primary N) is 1. The van der Waals surface area contributed by atoms with Crippen molar-refractivity contribution in [1.82, 2.24) is 9.88 Å². The number of carbonyl (C=O) groups is 1. The van der Waals surface area contributed by atoms with Crippen LogP contribution in [0.4, 0.5) is 13.2 Å². The Hall–Kier alpha value is -1.63. The van der Waals surface area contributed by atoms with E-state index in [-0.39, 0.29) is 23.2 Å². The van der Waals surface area contributed by atoms with E-state index in [9.17, 15) is 18.0 Å². The summed E-state index contributed by atoms with van der Waals surface area (Å²) in [7, 11) is 0. The van der Waals surface area contributed by atoms with Crippen molar-refractivity contribution in [3.05, 3.63) is 29.1 Å². The van der Waals surface area contributed by atoms with Gasteiger partial charge in [0.15, 0.2) is 0 Å². The molecule has 0 aromatic carbocycles. The fourth-order valence-corrected chi connectivity index (χ4v) is 2.09. The van der Waals surface area contributed by atoms with E-state index in [1.807, 2.05) is 0 Å². The van der Waals surface area contributed by atoms with E-state index in [0.29, 0.717) is 19.5 Å². The topological polar surface area (TPSA) is 59.2 Å². The van der Waals surface area contributed by atoms with Gasteiger partial charge in [0.1, 0.15) is 5.69 Å². The lowest BCUT2D eigenvalue weighted by Crippen LogP contribution is -2.32. The molecule has 2 N–H and O–H groups in total. The second-order valence-electron chi connectivity index (χ2n) is 4.63. The molecule has 7 heteroatoms. The third-order valence-electron chi connectivity index (χ3n) is 3.12. The summed E-state index contributed by atoms with van der Waals surface area (Å²) >= 11 is 0. The summed E-state index contributed by atoms with van der Waals surface area (Å²) in [6, 6.07) is 1.94. The number of aromatic nitrogens is 1. The molecular formula is C12H14F3N3O. The van der Waals surface area contributed by atoms with E-state index in [4.69, 9.17) is 5.73 Å². The van der Waals surface area contributed by atoms with Gasteiger partial charge < -0.3 is 10.6 Å². The Bertz CT molecular complexity index is 501. The fourth-order valence-electron chi connectivity index (χ4n) is 2.09. The van der Waals surface area contributed by atoms with Crippen LogP contribution in [0.1, 0.15) is 28.2 Å². The average molecular weight is 273 g/mol. The largest absolute Gasteiger partial charge is 0.433 e. The highest BCUT2D eigenvalue weighted by Gasteiger charge is 2.33. The van der Waals surface area contributed by atoms with E-state index in [0.717, 1.165) is 6.07 Å². The number of hydrogen-bond acceptors (Lipinski definition) is 3. The molecule has 1 atom stereocenters. The molecule has 104 valence electrons. The second kappa shape index (κ2) is 4.80. The van der Waals surface area contributed by atoms with Crippen molar-refractivity contribution in [3.63, 3.8) is 0 Å². The van der Waals surface area contributed by atoms with E-state index in [1.54, 1.807) is 4.90 Å². The predicted octanol–water partition coefficient (Wildman–Crippen LogP) is 1.58. The highest BCUT2D eigenvalue weighted by Crippen LogP contribution is 2.28. The van der Waals surface area contributed by atoms with Crippen molar-refractivity contribution in [2.45, 2.75) is 25.6 Å². The van der Waals surface area contributed by atoms with E-state index < -0.39 is 11.9 Å². The third kappa shape index (κ3) is 2.86. The number of amides is 1. The molecule has 1 aliphatic heterocycles. The van der Waals surface area contributed by atoms with Gasteiger partial charge in [-0.05, 0) is 25.5 Å². The molecule has 4 nitrogen and oxygen atoms in total. The van der Waals surface area contributed by atoms with Crippen LogP contribution >= 0.6 is 0 Å². The molecule has 0 bridgehead atoms. The number of nitrogens with zero attached hydrogens (tertiary/aromatic N) is 2. The number of halogens is 3. The van der Waals surface area contributed by atoms with Crippen LogP contribution < -0.4 is 5.73 Å². The third-order valence-corrected chi connectivity index (χ3v) is 3.12. The lowest BCUT2D eigenvalue weighted by Gasteiger charge is -2.17. The van der Waals surface area contributed by atoms with Crippen LogP contribution in [0.25, 0.3) is 0 Å². The van der Waals surface area contributed by atoms with Crippen LogP contribution in [-0.4, -0.2) is 34.9 Å². The maximum absolute atomic E-state index is 12.5. The standard InChI is InChI=1S/C12H14F3N3O/c1-7-9(2-3-10(17-7)12(13,14)15)11(19)18-5-4-8(16)6-18/h2-3,8H,4-6,16H2,1H3/t8-/m1/s1. The van der Waals surface area contributed by atoms with Gasteiger partial charge in [-0.15, -0.1) is 0 Å². The van der Waals surface area contributed by atoms with Gasteiger partial charge in [0.05, 0.1) is 11.3 Å². The molecule has 1 aromatic rings. The monoisotopic (exact) mass is 273 g/mol. The molecule has 0 aliphatic carbocycles. The lowest BCUT2D eigenvalue weighted by molar-refractivity contribution is -0.141. The Morgan fingerprint density at radius 1 is 1.47 bits per heavy atom. The summed E-state index contributed by atoms with van der Waals surface area (Å²) < 4.78 is 37.4. The van der Waals surface area contributed by atoms with E-state index in [1.165, 1.54) is 13.0 Å². The molecule has 1 aliphatic rings. The lowest BCUT2D eigenvalue weighted by atomic mass is 10.1. The average Bonchev–Trinajstić information content (AvgIpc) is 2.73. The molecule has 19 heavy (non-hydrogen) atoms. The quantitative estimate of drug-likeness (QED) is 0.845. The van der Waals surface area contributed by atoms with Gasteiger partial charge in [-0.2, -0.15) is 13.2 Å². The van der Waals surface area contributed by atoms with Crippen LogP contribution in [0, 0.1) is 6.92 Å². The second-order valence-corrected chi connectivity index (χ2v) is 4.63. The van der Waals surface area contributed by atoms with Crippen molar-refractivity contribution in [2.24, 2.45) is 5.73 Å². The molecule has 2 rings (SSSR count). The number of hydrogen-bond donors (Lipinski definition) is 1. The van der Waals surface area contributed by atoms with Gasteiger partial charge in [-0.25, -0.2) is 4.98 Å². The van der Waals surface area contributed by atoms with Gasteiger partial charge in [0.25, 0.3) is 5.91 Å². The number of rotatable bonds is 1. The van der Waals surface area contributed by atoms with Crippen LogP contribution in [0.2, 0.25) is 0 Å². The summed E-state index contributed by atoms with van der Waals surface area (Å²) in [5.74, 6) is -0.313. The molecule has 0 spiro atoms. The smallest absolute Gasteiger partial charge is 0.337 e. The number of alkyl halides is 3. The summed E-state index contributed by atoms with van der Waals surface area (Å²) in [5, 5.41) is 0. The van der Waals surface area contributed by atoms with Crippen molar-refractivity contribution < 1.29 is 18.0 Å². The summed E-state index contributed by atoms with van der Waals surface area (Å²) in [6.07, 6.45) is -3.79. The summed E-state index contributed by atoms with van der Waals surface area (Å²) in [4.78, 5) is 17.1. The molecule has 2 heterocycles. The van der Waals surface area contributed by atoms with Crippen molar-refractivity contribution >= 4 is 5.91 Å². The number of aryl methyl sites for hydroxylation is 1. The molecule has 1 fully saturated rings. The molecule has 1 saturated heterocycles. The van der Waals surface area contributed by atoms with Gasteiger partial charge >= 0.3 is 6.18 Å². The first-order valence-electron chi connectivity index (χ1n) is 5.88. The Balaban J connectivity index is 2.24. The maximum atomic E-state index is 12.5. The fraction of sp³-hybridized carbons (Fsp3) is 0.500. The molecule has 0 saturated carbocycles. The minimum Gasteiger partial charge on any atom is -0.337 e. The SMILES string of the molecule is Cc1nc(C(F)(F)F)ccc1C(=O)N1CC[C@@H](N)C1. The Morgan fingerprint density at radius 3 is 2.63 bits per heavy atom. The Labute approximate surface area is 108 Å². The minimum absolute atomic E-state index is 0.0633. The normalized spacial score (nSPS) is 19.8. The number of carbonyl (C=O) groups excluding carboxylic acids is 1. The van der Waals surface area contributed by atoms with E-state index in [2.05, 4.69) is 4.98 Å². The molecule has 0 radical (unpaired) electrons. The van der Waals surface area contributed by atoms with Crippen LogP contribution in [-0.2, 0) is 6.18 Å². The first-order valence-corrected chi connectivity index (χ1v) is 5.88. The molecular weight excluding hydrogens is 259 g/mol. The Kier molecular flexibility index (Phi) is 3.49. The molecule has 0 unspecified atom stereocenters.